The van der Waals surface area contributed by atoms with Gasteiger partial charge in [0.25, 0.3) is 0 Å². The van der Waals surface area contributed by atoms with Gasteiger partial charge in [0.15, 0.2) is 11.6 Å². The van der Waals surface area contributed by atoms with E-state index in [1.54, 1.807) is 12.1 Å². The van der Waals surface area contributed by atoms with Gasteiger partial charge in [-0.1, -0.05) is 62.6 Å². The summed E-state index contributed by atoms with van der Waals surface area (Å²) in [7, 11) is 0. The second-order valence-electron chi connectivity index (χ2n) is 7.64. The predicted octanol–water partition coefficient (Wildman–Crippen LogP) is 7.74. The maximum Gasteiger partial charge on any atom is 0.200 e. The third-order valence-electron chi connectivity index (χ3n) is 5.25. The Hall–Kier alpha value is -2.88. The molecule has 0 aliphatic carbocycles. The molecule has 4 heteroatoms. The Balaban J connectivity index is 1.65. The molecule has 0 bridgehead atoms. The van der Waals surface area contributed by atoms with E-state index >= 15 is 0 Å². The number of halogens is 2. The summed E-state index contributed by atoms with van der Waals surface area (Å²) in [6.45, 7) is 4.31. The average Bonchev–Trinajstić information content (AvgIpc) is 2.76. The van der Waals surface area contributed by atoms with Crippen molar-refractivity contribution < 1.29 is 18.6 Å². The van der Waals surface area contributed by atoms with Crippen LogP contribution in [0.4, 0.5) is 8.78 Å². The SMILES string of the molecule is CCCCCC[C@@H](C)Oc1ccc(-c2ccc(-c3ccc(O)c(F)c3F)cc2)cc1. The third kappa shape index (κ3) is 5.38. The van der Waals surface area contributed by atoms with Crippen molar-refractivity contribution in [2.75, 3.05) is 0 Å². The first-order valence-corrected chi connectivity index (χ1v) is 10.5. The van der Waals surface area contributed by atoms with E-state index in [9.17, 15) is 13.9 Å². The first-order chi connectivity index (χ1) is 14.5. The van der Waals surface area contributed by atoms with Gasteiger partial charge in [-0.15, -0.1) is 0 Å². The summed E-state index contributed by atoms with van der Waals surface area (Å²) < 4.78 is 33.7. The van der Waals surface area contributed by atoms with Gasteiger partial charge in [0, 0.05) is 5.56 Å². The van der Waals surface area contributed by atoms with Gasteiger partial charge < -0.3 is 9.84 Å². The highest BCUT2D eigenvalue weighted by atomic mass is 19.2. The molecule has 0 saturated heterocycles. The summed E-state index contributed by atoms with van der Waals surface area (Å²) in [5.74, 6) is -2.12. The molecule has 3 rings (SSSR count). The Morgan fingerprint density at radius 2 is 1.37 bits per heavy atom. The van der Waals surface area contributed by atoms with Gasteiger partial charge in [0.05, 0.1) is 6.10 Å². The van der Waals surface area contributed by atoms with Crippen LogP contribution in [0.25, 0.3) is 22.3 Å². The largest absolute Gasteiger partial charge is 0.505 e. The normalized spacial score (nSPS) is 12.0. The van der Waals surface area contributed by atoms with E-state index in [0.717, 1.165) is 29.4 Å². The molecule has 0 radical (unpaired) electrons. The topological polar surface area (TPSA) is 29.5 Å². The number of hydrogen-bond acceptors (Lipinski definition) is 2. The minimum Gasteiger partial charge on any atom is -0.505 e. The molecule has 3 aromatic carbocycles. The minimum absolute atomic E-state index is 0.119. The van der Waals surface area contributed by atoms with Crippen LogP contribution >= 0.6 is 0 Å². The van der Waals surface area contributed by atoms with Gasteiger partial charge in [0.2, 0.25) is 5.82 Å². The van der Waals surface area contributed by atoms with Crippen LogP contribution in [0.2, 0.25) is 0 Å². The fraction of sp³-hybridized carbons (Fsp3) is 0.308. The Labute approximate surface area is 177 Å². The molecule has 0 aliphatic heterocycles. The lowest BCUT2D eigenvalue weighted by Crippen LogP contribution is -2.11. The maximum absolute atomic E-state index is 14.1. The van der Waals surface area contributed by atoms with Crippen LogP contribution < -0.4 is 4.74 Å². The molecule has 2 nitrogen and oxygen atoms in total. The molecule has 0 amide bonds. The lowest BCUT2D eigenvalue weighted by Gasteiger charge is -2.15. The number of phenolic OH excluding ortho intramolecular Hbond substituents is 1. The van der Waals surface area contributed by atoms with Crippen LogP contribution in [0.5, 0.6) is 11.5 Å². The molecule has 0 fully saturated rings. The van der Waals surface area contributed by atoms with Crippen LogP contribution in [-0.2, 0) is 0 Å². The minimum atomic E-state index is -1.23. The Morgan fingerprint density at radius 1 is 0.767 bits per heavy atom. The second-order valence-corrected chi connectivity index (χ2v) is 7.64. The quantitative estimate of drug-likeness (QED) is 0.366. The number of hydrogen-bond donors (Lipinski definition) is 1. The zero-order chi connectivity index (χ0) is 21.5. The maximum atomic E-state index is 14.1. The molecule has 0 saturated carbocycles. The Morgan fingerprint density at radius 3 is 2.00 bits per heavy atom. The monoisotopic (exact) mass is 410 g/mol. The Kier molecular flexibility index (Phi) is 7.45. The number of rotatable bonds is 9. The van der Waals surface area contributed by atoms with Gasteiger partial charge in [-0.2, -0.15) is 4.39 Å². The summed E-state index contributed by atoms with van der Waals surface area (Å²) in [6.07, 6.45) is 6.18. The molecule has 1 atom stereocenters. The van der Waals surface area contributed by atoms with Crippen LogP contribution in [-0.4, -0.2) is 11.2 Å². The molecule has 1 N–H and O–H groups in total. The molecular formula is C26H28F2O2. The van der Waals surface area contributed by atoms with Crippen molar-refractivity contribution in [1.82, 2.24) is 0 Å². The summed E-state index contributed by atoms with van der Waals surface area (Å²) in [4.78, 5) is 0. The van der Waals surface area contributed by atoms with E-state index in [4.69, 9.17) is 4.74 Å². The number of phenols is 1. The van der Waals surface area contributed by atoms with E-state index in [1.165, 1.54) is 31.7 Å². The standard InChI is InChI=1S/C26H28F2O2/c1-3-4-5-6-7-18(2)30-22-14-12-20(13-15-22)19-8-10-21(11-9-19)23-16-17-24(29)26(28)25(23)27/h8-18,29H,3-7H2,1-2H3/t18-/m1/s1. The molecule has 0 aromatic heterocycles. The zero-order valence-electron chi connectivity index (χ0n) is 17.5. The fourth-order valence-corrected chi connectivity index (χ4v) is 3.48. The van der Waals surface area contributed by atoms with Crippen molar-refractivity contribution in [3.8, 4) is 33.8 Å². The van der Waals surface area contributed by atoms with Gasteiger partial charge in [0.1, 0.15) is 5.75 Å². The van der Waals surface area contributed by atoms with Crippen LogP contribution in [0.1, 0.15) is 46.0 Å². The number of aromatic hydroxyl groups is 1. The van der Waals surface area contributed by atoms with E-state index in [-0.39, 0.29) is 11.7 Å². The summed E-state index contributed by atoms with van der Waals surface area (Å²) in [5.41, 5.74) is 2.65. The number of unbranched alkanes of at least 4 members (excludes halogenated alkanes) is 3. The molecular weight excluding hydrogens is 382 g/mol. The van der Waals surface area contributed by atoms with Gasteiger partial charge in [-0.25, -0.2) is 4.39 Å². The molecule has 0 unspecified atom stereocenters. The third-order valence-corrected chi connectivity index (χ3v) is 5.25. The van der Waals surface area contributed by atoms with Gasteiger partial charge >= 0.3 is 0 Å². The van der Waals surface area contributed by atoms with E-state index in [1.807, 2.05) is 36.4 Å². The van der Waals surface area contributed by atoms with Crippen LogP contribution in [0, 0.1) is 11.6 Å². The molecule has 30 heavy (non-hydrogen) atoms. The van der Waals surface area contributed by atoms with E-state index in [2.05, 4.69) is 13.8 Å². The highest BCUT2D eigenvalue weighted by molar-refractivity contribution is 5.71. The average molecular weight is 411 g/mol. The van der Waals surface area contributed by atoms with Crippen molar-refractivity contribution in [3.05, 3.63) is 72.3 Å². The molecule has 3 aromatic rings. The lowest BCUT2D eigenvalue weighted by atomic mass is 9.99. The van der Waals surface area contributed by atoms with Crippen molar-refractivity contribution in [2.24, 2.45) is 0 Å². The van der Waals surface area contributed by atoms with Gasteiger partial charge in [-0.05, 0) is 60.7 Å². The number of benzene rings is 3. The first-order valence-electron chi connectivity index (χ1n) is 10.5. The van der Waals surface area contributed by atoms with Crippen LogP contribution in [0.3, 0.4) is 0 Å². The smallest absolute Gasteiger partial charge is 0.200 e. The van der Waals surface area contributed by atoms with E-state index in [0.29, 0.717) is 5.56 Å². The molecule has 0 aliphatic rings. The summed E-state index contributed by atoms with van der Waals surface area (Å²) in [5, 5.41) is 9.28. The fourth-order valence-electron chi connectivity index (χ4n) is 3.48. The molecule has 0 spiro atoms. The lowest BCUT2D eigenvalue weighted by molar-refractivity contribution is 0.206. The van der Waals surface area contributed by atoms with Crippen molar-refractivity contribution in [3.63, 3.8) is 0 Å². The zero-order valence-corrected chi connectivity index (χ0v) is 17.5. The van der Waals surface area contributed by atoms with E-state index < -0.39 is 17.4 Å². The Bertz CT molecular complexity index is 950. The van der Waals surface area contributed by atoms with Crippen LogP contribution in [0.15, 0.2) is 60.7 Å². The second kappa shape index (κ2) is 10.2. The van der Waals surface area contributed by atoms with Crippen molar-refractivity contribution >= 4 is 0 Å². The molecule has 158 valence electrons. The summed E-state index contributed by atoms with van der Waals surface area (Å²) >= 11 is 0. The first kappa shape index (κ1) is 21.8. The number of ether oxygens (including phenoxy) is 1. The van der Waals surface area contributed by atoms with Crippen molar-refractivity contribution in [2.45, 2.75) is 52.1 Å². The van der Waals surface area contributed by atoms with Crippen molar-refractivity contribution in [1.29, 1.82) is 0 Å². The highest BCUT2D eigenvalue weighted by Gasteiger charge is 2.14. The molecule has 0 heterocycles. The predicted molar refractivity (Wildman–Crippen MR) is 118 cm³/mol. The van der Waals surface area contributed by atoms with Gasteiger partial charge in [-0.3, -0.25) is 0 Å². The summed E-state index contributed by atoms with van der Waals surface area (Å²) in [6, 6.07) is 17.7. The highest BCUT2D eigenvalue weighted by Crippen LogP contribution is 2.31.